The van der Waals surface area contributed by atoms with Crippen molar-refractivity contribution >= 4 is 5.97 Å². The number of fused-ring (bicyclic) bond motifs is 7. The van der Waals surface area contributed by atoms with Crippen LogP contribution < -0.4 is 0 Å². The molecule has 5 aliphatic carbocycles. The molecule has 0 aromatic carbocycles. The van der Waals surface area contributed by atoms with Crippen LogP contribution in [0.1, 0.15) is 107 Å². The van der Waals surface area contributed by atoms with Crippen molar-refractivity contribution in [3.05, 3.63) is 11.6 Å². The maximum atomic E-state index is 15.4. The van der Waals surface area contributed by atoms with E-state index < -0.39 is 231 Å². The Kier molecular flexibility index (Phi) is 18.7. The van der Waals surface area contributed by atoms with Crippen LogP contribution in [0.3, 0.4) is 0 Å². The van der Waals surface area contributed by atoms with Gasteiger partial charge in [-0.1, -0.05) is 53.2 Å². The van der Waals surface area contributed by atoms with E-state index in [-0.39, 0.29) is 24.2 Å². The number of hydrogen-bond acceptors (Lipinski definition) is 27. The number of esters is 1. The zero-order valence-electron chi connectivity index (χ0n) is 49.5. The van der Waals surface area contributed by atoms with Crippen molar-refractivity contribution in [3.8, 4) is 0 Å². The summed E-state index contributed by atoms with van der Waals surface area (Å²) in [5, 5.41) is 176. The Morgan fingerprint density at radius 3 is 1.75 bits per heavy atom. The predicted octanol–water partition coefficient (Wildman–Crippen LogP) is -3.96. The fourth-order valence-electron chi connectivity index (χ4n) is 17.8. The number of rotatable bonds is 13. The molecule has 5 aliphatic heterocycles. The highest BCUT2D eigenvalue weighted by Crippen LogP contribution is 2.76. The van der Waals surface area contributed by atoms with Gasteiger partial charge in [0, 0.05) is 11.3 Å². The first-order valence-electron chi connectivity index (χ1n) is 30.2. The molecule has 5 saturated heterocycles. The average molecular weight is 1220 g/mol. The minimum atomic E-state index is -1.93. The van der Waals surface area contributed by atoms with Gasteiger partial charge in [0.2, 0.25) is 6.29 Å². The van der Waals surface area contributed by atoms with E-state index in [2.05, 4.69) is 33.8 Å². The molecule has 27 nitrogen and oxygen atoms in total. The van der Waals surface area contributed by atoms with Crippen LogP contribution in [-0.2, 0) is 52.2 Å². The minimum absolute atomic E-state index is 0.103. The van der Waals surface area contributed by atoms with Gasteiger partial charge in [0.15, 0.2) is 31.3 Å². The molecule has 34 unspecified atom stereocenters. The quantitative estimate of drug-likeness (QED) is 0.0475. The van der Waals surface area contributed by atoms with Crippen LogP contribution in [0.2, 0.25) is 0 Å². The van der Waals surface area contributed by atoms with E-state index >= 15 is 4.79 Å². The largest absolute Gasteiger partial charge is 0.432 e. The van der Waals surface area contributed by atoms with Crippen LogP contribution in [0, 0.1) is 50.2 Å². The van der Waals surface area contributed by atoms with Gasteiger partial charge in [-0.25, -0.2) is 0 Å². The van der Waals surface area contributed by atoms with E-state index in [0.717, 1.165) is 5.57 Å². The summed E-state index contributed by atoms with van der Waals surface area (Å²) in [6.45, 7) is 12.8. The Balaban J connectivity index is 0.852. The Hall–Kier alpha value is -1.79. The van der Waals surface area contributed by atoms with Gasteiger partial charge >= 0.3 is 5.97 Å². The van der Waals surface area contributed by atoms with E-state index in [0.29, 0.717) is 38.5 Å². The zero-order chi connectivity index (χ0) is 62.2. The molecule has 0 aromatic rings. The Morgan fingerprint density at radius 1 is 0.541 bits per heavy atom. The molecule has 85 heavy (non-hydrogen) atoms. The van der Waals surface area contributed by atoms with E-state index in [1.165, 1.54) is 13.8 Å². The van der Waals surface area contributed by atoms with Crippen molar-refractivity contribution in [1.82, 2.24) is 0 Å². The van der Waals surface area contributed by atoms with Gasteiger partial charge in [-0.15, -0.1) is 0 Å². The first kappa shape index (κ1) is 66.1. The standard InChI is InChI=1S/C58H94O27/c1-22-32(65)35(68)38(71)48(77-22)82-43-28(64)20-76-47(41(43)74)81-42-23(2)78-49(40(73)37(42)70)83-44-34(67)30(19-60)80-51(44)85-52(75)58-13-11-53(3,4)15-25(58)24-9-10-31-54(5)16-27(63)46(84-50-39(72)36(69)33(66)29(18-59)79-50)55(6,21-61)45(54)26(62)17-57(31,8)56(24,7)12-14-58/h9,22-23,25-51,59-74H,10-21H2,1-8H3. The summed E-state index contributed by atoms with van der Waals surface area (Å²) in [6, 6.07) is 0. The third kappa shape index (κ3) is 10.8. The van der Waals surface area contributed by atoms with Gasteiger partial charge in [0.1, 0.15) is 91.6 Å². The van der Waals surface area contributed by atoms with Crippen molar-refractivity contribution in [2.75, 3.05) is 26.4 Å². The summed E-state index contributed by atoms with van der Waals surface area (Å²) >= 11 is 0. The third-order valence-electron chi connectivity index (χ3n) is 22.7. The molecule has 9 fully saturated rings. The number of carbonyl (C=O) groups excluding carboxylic acids is 1. The van der Waals surface area contributed by atoms with Gasteiger partial charge in [-0.2, -0.15) is 0 Å². The summed E-state index contributed by atoms with van der Waals surface area (Å²) in [4.78, 5) is 15.4. The van der Waals surface area contributed by atoms with E-state index in [9.17, 15) is 81.7 Å². The Morgan fingerprint density at radius 2 is 1.11 bits per heavy atom. The van der Waals surface area contributed by atoms with E-state index in [4.69, 9.17) is 47.4 Å². The number of aliphatic hydroxyl groups excluding tert-OH is 16. The monoisotopic (exact) mass is 1220 g/mol. The van der Waals surface area contributed by atoms with Crippen LogP contribution in [0.25, 0.3) is 0 Å². The topological polar surface area (TPSA) is 433 Å². The molecule has 4 saturated carbocycles. The smallest absolute Gasteiger partial charge is 0.315 e. The molecule has 0 bridgehead atoms. The first-order valence-corrected chi connectivity index (χ1v) is 30.2. The lowest BCUT2D eigenvalue weighted by Crippen LogP contribution is -2.72. The third-order valence-corrected chi connectivity index (χ3v) is 22.7. The molecule has 5 heterocycles. The fourth-order valence-corrected chi connectivity index (χ4v) is 17.8. The average Bonchev–Trinajstić information content (AvgIpc) is 0.933. The molecule has 0 amide bonds. The van der Waals surface area contributed by atoms with Gasteiger partial charge in [-0.05, 0) is 98.7 Å². The number of carbonyl (C=O) groups is 1. The molecule has 10 aliphatic rings. The van der Waals surface area contributed by atoms with E-state index in [1.54, 1.807) is 6.92 Å². The van der Waals surface area contributed by atoms with Gasteiger partial charge < -0.3 is 129 Å². The second-order valence-electron chi connectivity index (χ2n) is 28.3. The van der Waals surface area contributed by atoms with Crippen molar-refractivity contribution in [3.63, 3.8) is 0 Å². The highest BCUT2D eigenvalue weighted by Gasteiger charge is 2.73. The van der Waals surface area contributed by atoms with Crippen LogP contribution in [-0.4, -0.2) is 274 Å². The van der Waals surface area contributed by atoms with Gasteiger partial charge in [-0.3, -0.25) is 4.79 Å². The molecular weight excluding hydrogens is 1130 g/mol. The summed E-state index contributed by atoms with van der Waals surface area (Å²) in [5.74, 6) is -1.91. The normalized spacial score (nSPS) is 56.0. The first-order chi connectivity index (χ1) is 39.8. The Labute approximate surface area is 493 Å². The van der Waals surface area contributed by atoms with Crippen LogP contribution in [0.4, 0.5) is 0 Å². The molecule has 10 rings (SSSR count). The van der Waals surface area contributed by atoms with Crippen LogP contribution in [0.5, 0.6) is 0 Å². The zero-order valence-corrected chi connectivity index (χ0v) is 49.5. The van der Waals surface area contributed by atoms with Gasteiger partial charge in [0.05, 0.1) is 62.4 Å². The van der Waals surface area contributed by atoms with Crippen molar-refractivity contribution < 1.29 is 134 Å². The molecule has 16 N–H and O–H groups in total. The summed E-state index contributed by atoms with van der Waals surface area (Å²) < 4.78 is 59.2. The molecule has 488 valence electrons. The van der Waals surface area contributed by atoms with E-state index in [1.807, 2.05) is 6.92 Å². The summed E-state index contributed by atoms with van der Waals surface area (Å²) in [6.07, 6.45) is -34.5. The van der Waals surface area contributed by atoms with Crippen molar-refractivity contribution in [2.24, 2.45) is 50.2 Å². The highest BCUT2D eigenvalue weighted by molar-refractivity contribution is 5.79. The summed E-state index contributed by atoms with van der Waals surface area (Å²) in [5.41, 5.74) is -3.85. The van der Waals surface area contributed by atoms with Crippen LogP contribution in [0.15, 0.2) is 11.6 Å². The second kappa shape index (κ2) is 24.0. The van der Waals surface area contributed by atoms with Crippen molar-refractivity contribution in [2.45, 2.75) is 266 Å². The number of allylic oxidation sites excluding steroid dienone is 2. The maximum absolute atomic E-state index is 15.4. The predicted molar refractivity (Wildman–Crippen MR) is 285 cm³/mol. The maximum Gasteiger partial charge on any atom is 0.315 e. The number of aliphatic hydroxyl groups is 16. The molecule has 0 spiro atoms. The SMILES string of the molecule is CC1OC(OC2C(O)COC(OC3C(C)OC(OC4C(OC(=O)C56CCC(C)(C)CC5C5=CCC7C8(C)CC(O)C(OC9OC(CO)C(O)C(O)C9O)C(C)(CO)C8C(O)CC7(C)C5(C)CC6)OC(CO)C4O)C(O)C3O)C2O)C(O)C(O)C1O. The minimum Gasteiger partial charge on any atom is -0.432 e. The fraction of sp³-hybridized carbons (Fsp3) is 0.948. The lowest BCUT2D eigenvalue weighted by Gasteiger charge is -2.72. The highest BCUT2D eigenvalue weighted by atomic mass is 16.8. The lowest BCUT2D eigenvalue weighted by molar-refractivity contribution is -0.369. The van der Waals surface area contributed by atoms with Crippen molar-refractivity contribution in [1.29, 1.82) is 0 Å². The van der Waals surface area contributed by atoms with Gasteiger partial charge in [0.25, 0.3) is 0 Å². The molecular formula is C58H94O27. The molecule has 0 aromatic heterocycles. The lowest BCUT2D eigenvalue weighted by atomic mass is 9.33. The number of ether oxygens (including phenoxy) is 10. The Bertz CT molecular complexity index is 2390. The summed E-state index contributed by atoms with van der Waals surface area (Å²) in [7, 11) is 0. The molecule has 0 radical (unpaired) electrons. The second-order valence-corrected chi connectivity index (χ2v) is 28.3. The molecule has 34 atom stereocenters. The number of hydrogen-bond donors (Lipinski definition) is 16. The molecule has 27 heteroatoms. The van der Waals surface area contributed by atoms with Crippen LogP contribution >= 0.6 is 0 Å².